The summed E-state index contributed by atoms with van der Waals surface area (Å²) < 4.78 is 5.32. The van der Waals surface area contributed by atoms with E-state index in [1.54, 1.807) is 7.11 Å². The molecule has 25 heavy (non-hydrogen) atoms. The summed E-state index contributed by atoms with van der Waals surface area (Å²) in [7, 11) is 1.63. The van der Waals surface area contributed by atoms with Crippen molar-refractivity contribution >= 4 is 11.7 Å². The van der Waals surface area contributed by atoms with Gasteiger partial charge in [-0.3, -0.25) is 0 Å². The average molecular weight is 345 g/mol. The molecule has 5 nitrogen and oxygen atoms in total. The molecule has 0 saturated carbocycles. The van der Waals surface area contributed by atoms with E-state index < -0.39 is 0 Å². The fraction of sp³-hybridized carbons (Fsp3) is 0.650. The largest absolute Gasteiger partial charge is 0.495 e. The number of benzene rings is 1. The van der Waals surface area contributed by atoms with Gasteiger partial charge in [0.25, 0.3) is 0 Å². The van der Waals surface area contributed by atoms with Gasteiger partial charge in [0.1, 0.15) is 5.75 Å². The monoisotopic (exact) mass is 345 g/mol. The molecule has 5 heteroatoms. The number of carbonyl (C=O) groups is 1. The summed E-state index contributed by atoms with van der Waals surface area (Å²) in [5.41, 5.74) is 0.738. The molecule has 1 atom stereocenters. The van der Waals surface area contributed by atoms with Crippen LogP contribution in [-0.2, 0) is 0 Å². The molecular formula is C20H31N3O2. The van der Waals surface area contributed by atoms with Gasteiger partial charge in [0.05, 0.1) is 12.8 Å². The van der Waals surface area contributed by atoms with Crippen molar-refractivity contribution in [2.24, 2.45) is 11.8 Å². The van der Waals surface area contributed by atoms with E-state index in [9.17, 15) is 4.79 Å². The van der Waals surface area contributed by atoms with Gasteiger partial charge in [0.15, 0.2) is 0 Å². The third kappa shape index (κ3) is 4.88. The summed E-state index contributed by atoms with van der Waals surface area (Å²) in [5.74, 6) is 2.16. The van der Waals surface area contributed by atoms with Crippen molar-refractivity contribution in [1.82, 2.24) is 9.80 Å². The first-order valence-corrected chi connectivity index (χ1v) is 9.57. The minimum Gasteiger partial charge on any atom is -0.495 e. The zero-order chi connectivity index (χ0) is 17.6. The van der Waals surface area contributed by atoms with Gasteiger partial charge in [-0.1, -0.05) is 19.1 Å². The van der Waals surface area contributed by atoms with Crippen LogP contribution in [0.25, 0.3) is 0 Å². The minimum absolute atomic E-state index is 0.0125. The van der Waals surface area contributed by atoms with Gasteiger partial charge in [-0.05, 0) is 62.7 Å². The van der Waals surface area contributed by atoms with E-state index in [-0.39, 0.29) is 6.03 Å². The molecule has 0 aliphatic carbocycles. The Bertz CT molecular complexity index is 570. The van der Waals surface area contributed by atoms with Crippen molar-refractivity contribution < 1.29 is 9.53 Å². The number of hydrogen-bond acceptors (Lipinski definition) is 3. The van der Waals surface area contributed by atoms with Crippen molar-refractivity contribution in [2.45, 2.75) is 32.6 Å². The second-order valence-corrected chi connectivity index (χ2v) is 7.57. The molecule has 3 rings (SSSR count). The third-order valence-electron chi connectivity index (χ3n) is 5.55. The van der Waals surface area contributed by atoms with Crippen LogP contribution in [-0.4, -0.2) is 55.7 Å². The summed E-state index contributed by atoms with van der Waals surface area (Å²) in [4.78, 5) is 17.2. The van der Waals surface area contributed by atoms with Gasteiger partial charge in [-0.15, -0.1) is 0 Å². The van der Waals surface area contributed by atoms with E-state index in [1.807, 2.05) is 29.2 Å². The first-order valence-electron chi connectivity index (χ1n) is 9.57. The van der Waals surface area contributed by atoms with E-state index in [0.29, 0.717) is 11.7 Å². The highest BCUT2D eigenvalue weighted by Crippen LogP contribution is 2.25. The number of anilines is 1. The number of hydrogen-bond donors (Lipinski definition) is 1. The first kappa shape index (κ1) is 18.1. The van der Waals surface area contributed by atoms with Gasteiger partial charge in [0.2, 0.25) is 0 Å². The van der Waals surface area contributed by atoms with Crippen molar-refractivity contribution in [2.75, 3.05) is 45.2 Å². The van der Waals surface area contributed by atoms with Crippen LogP contribution in [0, 0.1) is 11.8 Å². The van der Waals surface area contributed by atoms with Crippen LogP contribution in [0.15, 0.2) is 24.3 Å². The van der Waals surface area contributed by atoms with E-state index >= 15 is 0 Å². The Hall–Kier alpha value is -1.75. The number of para-hydroxylation sites is 2. The maximum absolute atomic E-state index is 12.7. The summed E-state index contributed by atoms with van der Waals surface area (Å²) >= 11 is 0. The molecule has 2 saturated heterocycles. The number of carbonyl (C=O) groups excluding carboxylic acids is 1. The number of ether oxygens (including phenoxy) is 1. The quantitative estimate of drug-likeness (QED) is 0.905. The van der Waals surface area contributed by atoms with Crippen LogP contribution in [0.3, 0.4) is 0 Å². The number of likely N-dealkylation sites (tertiary alicyclic amines) is 2. The highest BCUT2D eigenvalue weighted by molar-refractivity contribution is 5.91. The predicted molar refractivity (Wildman–Crippen MR) is 101 cm³/mol. The van der Waals surface area contributed by atoms with Crippen LogP contribution in [0.1, 0.15) is 32.6 Å². The smallest absolute Gasteiger partial charge is 0.321 e. The van der Waals surface area contributed by atoms with Gasteiger partial charge < -0.3 is 19.9 Å². The molecule has 2 aliphatic heterocycles. The zero-order valence-corrected chi connectivity index (χ0v) is 15.5. The molecular weight excluding hydrogens is 314 g/mol. The number of nitrogens with one attached hydrogen (secondary N) is 1. The Morgan fingerprint density at radius 3 is 2.72 bits per heavy atom. The van der Waals surface area contributed by atoms with Crippen molar-refractivity contribution in [3.05, 3.63) is 24.3 Å². The zero-order valence-electron chi connectivity index (χ0n) is 15.5. The predicted octanol–water partition coefficient (Wildman–Crippen LogP) is 3.67. The number of piperidine rings is 2. The van der Waals surface area contributed by atoms with Crippen LogP contribution >= 0.6 is 0 Å². The summed E-state index contributed by atoms with van der Waals surface area (Å²) in [6.45, 7) is 7.60. The fourth-order valence-electron chi connectivity index (χ4n) is 3.95. The molecule has 1 aromatic rings. The van der Waals surface area contributed by atoms with Gasteiger partial charge in [-0.2, -0.15) is 0 Å². The lowest BCUT2D eigenvalue weighted by atomic mass is 9.94. The molecule has 0 bridgehead atoms. The molecule has 2 amide bonds. The Morgan fingerprint density at radius 1 is 1.20 bits per heavy atom. The Kier molecular flexibility index (Phi) is 6.19. The number of nitrogens with zero attached hydrogens (tertiary/aromatic N) is 2. The molecule has 2 aliphatic rings. The molecule has 1 unspecified atom stereocenters. The van der Waals surface area contributed by atoms with E-state index in [0.717, 1.165) is 37.7 Å². The maximum atomic E-state index is 12.7. The second-order valence-electron chi connectivity index (χ2n) is 7.57. The highest BCUT2D eigenvalue weighted by atomic mass is 16.5. The topological polar surface area (TPSA) is 44.8 Å². The van der Waals surface area contributed by atoms with Gasteiger partial charge in [0, 0.05) is 19.6 Å². The van der Waals surface area contributed by atoms with E-state index in [4.69, 9.17) is 4.74 Å². The minimum atomic E-state index is -0.0125. The Labute approximate surface area is 151 Å². The summed E-state index contributed by atoms with van der Waals surface area (Å²) in [6.07, 6.45) is 4.94. The van der Waals surface area contributed by atoms with Crippen molar-refractivity contribution in [3.63, 3.8) is 0 Å². The number of rotatable bonds is 4. The molecule has 1 N–H and O–H groups in total. The maximum Gasteiger partial charge on any atom is 0.321 e. The van der Waals surface area contributed by atoms with Crippen LogP contribution < -0.4 is 10.1 Å². The Balaban J connectivity index is 1.53. The third-order valence-corrected chi connectivity index (χ3v) is 5.55. The lowest BCUT2D eigenvalue weighted by Gasteiger charge is -2.37. The van der Waals surface area contributed by atoms with Crippen molar-refractivity contribution in [1.29, 1.82) is 0 Å². The van der Waals surface area contributed by atoms with Crippen molar-refractivity contribution in [3.8, 4) is 5.75 Å². The van der Waals surface area contributed by atoms with Crippen LogP contribution in [0.5, 0.6) is 5.75 Å². The lowest BCUT2D eigenvalue weighted by molar-refractivity contribution is 0.124. The number of methoxy groups -OCH3 is 1. The number of urea groups is 1. The van der Waals surface area contributed by atoms with Gasteiger partial charge in [-0.25, -0.2) is 4.79 Å². The Morgan fingerprint density at radius 2 is 1.96 bits per heavy atom. The lowest BCUT2D eigenvalue weighted by Crippen LogP contribution is -2.46. The molecule has 0 radical (unpaired) electrons. The summed E-state index contributed by atoms with van der Waals surface area (Å²) in [6, 6.07) is 7.56. The fourth-order valence-corrected chi connectivity index (χ4v) is 3.95. The normalized spacial score (nSPS) is 22.6. The van der Waals surface area contributed by atoms with Gasteiger partial charge >= 0.3 is 6.03 Å². The molecule has 0 aromatic heterocycles. The van der Waals surface area contributed by atoms with E-state index in [2.05, 4.69) is 17.1 Å². The first-order chi connectivity index (χ1) is 12.2. The molecule has 1 aromatic carbocycles. The molecule has 2 fully saturated rings. The van der Waals surface area contributed by atoms with Crippen LogP contribution in [0.2, 0.25) is 0 Å². The second kappa shape index (κ2) is 8.56. The summed E-state index contributed by atoms with van der Waals surface area (Å²) in [5, 5.41) is 3.01. The standard InChI is InChI=1S/C20H31N3O2/c1-16-9-12-22(13-10-16)14-17-6-5-11-23(15-17)20(24)21-18-7-3-4-8-19(18)25-2/h3-4,7-8,16-17H,5-6,9-15H2,1-2H3,(H,21,24). The SMILES string of the molecule is COc1ccccc1NC(=O)N1CCCC(CN2CCC(C)CC2)C1. The average Bonchev–Trinajstić information content (AvgIpc) is 2.64. The molecule has 0 spiro atoms. The number of amides is 2. The molecule has 138 valence electrons. The highest BCUT2D eigenvalue weighted by Gasteiger charge is 2.26. The van der Waals surface area contributed by atoms with Crippen LogP contribution in [0.4, 0.5) is 10.5 Å². The van der Waals surface area contributed by atoms with E-state index in [1.165, 1.54) is 32.4 Å². The molecule has 2 heterocycles.